The van der Waals surface area contributed by atoms with E-state index in [-0.39, 0.29) is 10.8 Å². The van der Waals surface area contributed by atoms with Gasteiger partial charge in [-0.2, -0.15) is 0 Å². The van der Waals surface area contributed by atoms with Crippen LogP contribution in [0.1, 0.15) is 0 Å². The van der Waals surface area contributed by atoms with Gasteiger partial charge in [-0.25, -0.2) is 9.18 Å². The Labute approximate surface area is 161 Å². The average Bonchev–Trinajstić information content (AvgIpc) is 2.61. The van der Waals surface area contributed by atoms with E-state index in [0.717, 1.165) is 18.2 Å². The molecular formula is C16H11Cl2FN2O6. The van der Waals surface area contributed by atoms with E-state index in [1.54, 1.807) is 0 Å². The largest absolute Gasteiger partial charge is 0.480 e. The number of hydrogen-bond donors (Lipinski definition) is 1. The first-order valence-corrected chi connectivity index (χ1v) is 7.99. The van der Waals surface area contributed by atoms with Crippen LogP contribution in [0.25, 0.3) is 0 Å². The van der Waals surface area contributed by atoms with E-state index in [4.69, 9.17) is 27.9 Å². The molecule has 0 radical (unpaired) electrons. The SMILES string of the molecule is O=C(COC(=O)COc1ccc(Cl)cc1Cl)Nc1cc([N+](=O)[O-])ccc1F. The highest BCUT2D eigenvalue weighted by Crippen LogP contribution is 2.27. The molecule has 0 unspecified atom stereocenters. The van der Waals surface area contributed by atoms with Gasteiger partial charge in [-0.15, -0.1) is 0 Å². The quantitative estimate of drug-likeness (QED) is 0.419. The van der Waals surface area contributed by atoms with Crippen LogP contribution in [0.4, 0.5) is 15.8 Å². The van der Waals surface area contributed by atoms with Gasteiger partial charge >= 0.3 is 5.97 Å². The zero-order valence-corrected chi connectivity index (χ0v) is 14.9. The van der Waals surface area contributed by atoms with Gasteiger partial charge in [0.25, 0.3) is 11.6 Å². The normalized spacial score (nSPS) is 10.2. The summed E-state index contributed by atoms with van der Waals surface area (Å²) in [5.41, 5.74) is -0.814. The first-order valence-electron chi connectivity index (χ1n) is 7.23. The number of halogens is 3. The Kier molecular flexibility index (Phi) is 6.91. The van der Waals surface area contributed by atoms with Crippen LogP contribution in [-0.2, 0) is 14.3 Å². The van der Waals surface area contributed by atoms with E-state index < -0.39 is 47.2 Å². The summed E-state index contributed by atoms with van der Waals surface area (Å²) < 4.78 is 23.4. The number of nitrogens with zero attached hydrogens (tertiary/aromatic N) is 1. The van der Waals surface area contributed by atoms with Gasteiger partial charge in [0.1, 0.15) is 11.6 Å². The van der Waals surface area contributed by atoms with Crippen molar-refractivity contribution >= 4 is 46.5 Å². The van der Waals surface area contributed by atoms with Crippen molar-refractivity contribution in [3.8, 4) is 5.75 Å². The van der Waals surface area contributed by atoms with Gasteiger partial charge in [-0.05, 0) is 24.3 Å². The minimum atomic E-state index is -0.882. The topological polar surface area (TPSA) is 108 Å². The molecule has 11 heteroatoms. The van der Waals surface area contributed by atoms with Crippen LogP contribution in [0.5, 0.6) is 5.75 Å². The predicted molar refractivity (Wildman–Crippen MR) is 94.6 cm³/mol. The molecule has 8 nitrogen and oxygen atoms in total. The number of amides is 1. The molecule has 2 aromatic carbocycles. The van der Waals surface area contributed by atoms with Crippen LogP contribution in [0.2, 0.25) is 10.0 Å². The molecule has 0 aromatic heterocycles. The fraction of sp³-hybridized carbons (Fsp3) is 0.125. The van der Waals surface area contributed by atoms with Gasteiger partial charge < -0.3 is 14.8 Å². The minimum Gasteiger partial charge on any atom is -0.480 e. The van der Waals surface area contributed by atoms with Crippen molar-refractivity contribution in [2.45, 2.75) is 0 Å². The number of esters is 1. The number of non-ortho nitro benzene ring substituents is 1. The summed E-state index contributed by atoms with van der Waals surface area (Å²) in [5.74, 6) is -2.44. The van der Waals surface area contributed by atoms with E-state index in [9.17, 15) is 24.1 Å². The molecule has 0 aliphatic carbocycles. The number of ether oxygens (including phenoxy) is 2. The number of nitrogens with one attached hydrogen (secondary N) is 1. The van der Waals surface area contributed by atoms with Gasteiger partial charge in [0.2, 0.25) is 0 Å². The van der Waals surface area contributed by atoms with Crippen molar-refractivity contribution in [2.24, 2.45) is 0 Å². The second-order valence-electron chi connectivity index (χ2n) is 4.99. The van der Waals surface area contributed by atoms with Crippen LogP contribution >= 0.6 is 23.2 Å². The smallest absolute Gasteiger partial charge is 0.344 e. The van der Waals surface area contributed by atoms with Crippen LogP contribution in [-0.4, -0.2) is 30.0 Å². The lowest BCUT2D eigenvalue weighted by Crippen LogP contribution is -2.24. The maximum atomic E-state index is 13.6. The van der Waals surface area contributed by atoms with E-state index in [2.05, 4.69) is 10.1 Å². The highest BCUT2D eigenvalue weighted by molar-refractivity contribution is 6.35. The molecule has 2 aromatic rings. The van der Waals surface area contributed by atoms with E-state index in [1.807, 2.05) is 0 Å². The van der Waals surface area contributed by atoms with Gasteiger partial charge in [-0.1, -0.05) is 23.2 Å². The van der Waals surface area contributed by atoms with Crippen LogP contribution in [0.3, 0.4) is 0 Å². The molecule has 0 saturated carbocycles. The Morgan fingerprint density at radius 2 is 1.89 bits per heavy atom. The van der Waals surface area contributed by atoms with Crippen LogP contribution < -0.4 is 10.1 Å². The number of hydrogen-bond acceptors (Lipinski definition) is 6. The molecular weight excluding hydrogens is 406 g/mol. The molecule has 0 bridgehead atoms. The molecule has 0 atom stereocenters. The molecule has 0 heterocycles. The highest BCUT2D eigenvalue weighted by atomic mass is 35.5. The second kappa shape index (κ2) is 9.15. The Bertz CT molecular complexity index is 893. The van der Waals surface area contributed by atoms with Crippen molar-refractivity contribution in [1.82, 2.24) is 0 Å². The number of anilines is 1. The molecule has 2 rings (SSSR count). The Hall–Kier alpha value is -2.91. The fourth-order valence-corrected chi connectivity index (χ4v) is 2.29. The molecule has 0 spiro atoms. The summed E-state index contributed by atoms with van der Waals surface area (Å²) in [7, 11) is 0. The van der Waals surface area contributed by atoms with Crippen molar-refractivity contribution in [3.05, 3.63) is 62.4 Å². The van der Waals surface area contributed by atoms with Gasteiger partial charge in [0.15, 0.2) is 13.2 Å². The zero-order chi connectivity index (χ0) is 20.0. The number of nitro groups is 1. The third-order valence-corrected chi connectivity index (χ3v) is 3.57. The van der Waals surface area contributed by atoms with Crippen LogP contribution in [0.15, 0.2) is 36.4 Å². The number of carbonyl (C=O) groups excluding carboxylic acids is 2. The first kappa shape index (κ1) is 20.4. The maximum Gasteiger partial charge on any atom is 0.344 e. The van der Waals surface area contributed by atoms with E-state index >= 15 is 0 Å². The third-order valence-electron chi connectivity index (χ3n) is 3.04. The van der Waals surface area contributed by atoms with Crippen molar-refractivity contribution in [2.75, 3.05) is 18.5 Å². The lowest BCUT2D eigenvalue weighted by Gasteiger charge is -2.09. The maximum absolute atomic E-state index is 13.6. The molecule has 27 heavy (non-hydrogen) atoms. The monoisotopic (exact) mass is 416 g/mol. The van der Waals surface area contributed by atoms with Crippen molar-refractivity contribution in [1.29, 1.82) is 0 Å². The Morgan fingerprint density at radius 1 is 1.15 bits per heavy atom. The van der Waals surface area contributed by atoms with Gasteiger partial charge in [0.05, 0.1) is 15.6 Å². The first-order chi connectivity index (χ1) is 12.8. The molecule has 0 fully saturated rings. The van der Waals surface area contributed by atoms with Crippen molar-refractivity contribution in [3.63, 3.8) is 0 Å². The number of carbonyl (C=O) groups is 2. The molecule has 1 N–H and O–H groups in total. The zero-order valence-electron chi connectivity index (χ0n) is 13.4. The standard InChI is InChI=1S/C16H11Cl2FN2O6/c17-9-1-4-14(11(18)5-9)26-8-16(23)27-7-15(22)20-13-6-10(21(24)25)2-3-12(13)19/h1-6H,7-8H2,(H,20,22). The summed E-state index contributed by atoms with van der Waals surface area (Å²) >= 11 is 11.6. The van der Waals surface area contributed by atoms with Crippen molar-refractivity contribution < 1.29 is 28.4 Å². The highest BCUT2D eigenvalue weighted by Gasteiger charge is 2.15. The number of nitro benzene ring substituents is 1. The van der Waals surface area contributed by atoms with Gasteiger partial charge in [-0.3, -0.25) is 14.9 Å². The lowest BCUT2D eigenvalue weighted by molar-refractivity contribution is -0.384. The summed E-state index contributed by atoms with van der Waals surface area (Å²) in [6, 6.07) is 7.02. The Balaban J connectivity index is 1.84. The Morgan fingerprint density at radius 3 is 2.56 bits per heavy atom. The second-order valence-corrected chi connectivity index (χ2v) is 5.84. The van der Waals surface area contributed by atoms with Crippen LogP contribution in [0, 0.1) is 15.9 Å². The predicted octanol–water partition coefficient (Wildman–Crippen LogP) is 3.60. The minimum absolute atomic E-state index is 0.189. The average molecular weight is 417 g/mol. The number of rotatable bonds is 7. The van der Waals surface area contributed by atoms with E-state index in [1.165, 1.54) is 18.2 Å². The third kappa shape index (κ3) is 6.08. The molecule has 1 amide bonds. The molecule has 142 valence electrons. The summed E-state index contributed by atoms with van der Waals surface area (Å²) in [6.07, 6.45) is 0. The summed E-state index contributed by atoms with van der Waals surface area (Å²) in [6.45, 7) is -1.27. The van der Waals surface area contributed by atoms with Gasteiger partial charge in [0, 0.05) is 17.2 Å². The van der Waals surface area contributed by atoms with E-state index in [0.29, 0.717) is 5.02 Å². The summed E-state index contributed by atoms with van der Waals surface area (Å²) in [4.78, 5) is 33.2. The molecule has 0 saturated heterocycles. The number of benzene rings is 2. The molecule has 0 aliphatic rings. The molecule has 0 aliphatic heterocycles. The lowest BCUT2D eigenvalue weighted by atomic mass is 10.2. The fourth-order valence-electron chi connectivity index (χ4n) is 1.83. The summed E-state index contributed by atoms with van der Waals surface area (Å²) in [5, 5.41) is 13.3.